The third-order valence-electron chi connectivity index (χ3n) is 3.80. The van der Waals surface area contributed by atoms with Gasteiger partial charge in [-0.1, -0.05) is 35.0 Å². The smallest absolute Gasteiger partial charge is 0.280 e. The van der Waals surface area contributed by atoms with E-state index in [1.807, 2.05) is 38.2 Å². The first-order valence-electron chi connectivity index (χ1n) is 7.83. The summed E-state index contributed by atoms with van der Waals surface area (Å²) < 4.78 is 7.13. The number of rotatable bonds is 6. The maximum absolute atomic E-state index is 6.07. The first-order chi connectivity index (χ1) is 11.6. The Bertz CT molecular complexity index is 832. The number of nitrogens with zero attached hydrogens (tertiary/aromatic N) is 5. The maximum Gasteiger partial charge on any atom is 0.280 e. The van der Waals surface area contributed by atoms with Gasteiger partial charge in [-0.25, -0.2) is 4.68 Å². The van der Waals surface area contributed by atoms with Gasteiger partial charge in [0.15, 0.2) is 11.5 Å². The van der Waals surface area contributed by atoms with Gasteiger partial charge in [-0.15, -0.1) is 17.5 Å². The lowest BCUT2D eigenvalue weighted by Gasteiger charge is -2.05. The second-order valence-corrected chi connectivity index (χ2v) is 5.98. The van der Waals surface area contributed by atoms with Gasteiger partial charge >= 0.3 is 0 Å². The monoisotopic (exact) mass is 382 g/mol. The SMILES string of the molecule is CCc1c(-c2nc(CC(C)NC)no2)nnn1-c1cccc(Cl)c1.Cl. The summed E-state index contributed by atoms with van der Waals surface area (Å²) in [5.41, 5.74) is 2.35. The highest BCUT2D eigenvalue weighted by Crippen LogP contribution is 2.24. The van der Waals surface area contributed by atoms with Crippen LogP contribution < -0.4 is 5.32 Å². The van der Waals surface area contributed by atoms with Gasteiger partial charge < -0.3 is 9.84 Å². The van der Waals surface area contributed by atoms with Crippen molar-refractivity contribution in [2.75, 3.05) is 7.05 Å². The van der Waals surface area contributed by atoms with E-state index in [1.165, 1.54) is 0 Å². The van der Waals surface area contributed by atoms with Crippen LogP contribution in [-0.4, -0.2) is 38.2 Å². The quantitative estimate of drug-likeness (QED) is 0.705. The first-order valence-corrected chi connectivity index (χ1v) is 8.21. The molecule has 1 N–H and O–H groups in total. The van der Waals surface area contributed by atoms with Crippen LogP contribution in [0.15, 0.2) is 28.8 Å². The lowest BCUT2D eigenvalue weighted by Crippen LogP contribution is -2.24. The average Bonchev–Trinajstić information content (AvgIpc) is 3.20. The Morgan fingerprint density at radius 2 is 2.16 bits per heavy atom. The lowest BCUT2D eigenvalue weighted by molar-refractivity contribution is 0.416. The molecule has 0 fully saturated rings. The third kappa shape index (κ3) is 4.18. The Labute approximate surface area is 157 Å². The molecule has 134 valence electrons. The molecule has 7 nitrogen and oxygen atoms in total. The first kappa shape index (κ1) is 19.4. The van der Waals surface area contributed by atoms with Crippen LogP contribution in [-0.2, 0) is 12.8 Å². The van der Waals surface area contributed by atoms with Crippen LogP contribution in [0.1, 0.15) is 25.4 Å². The molecule has 0 saturated heterocycles. The van der Waals surface area contributed by atoms with Crippen molar-refractivity contribution in [2.24, 2.45) is 0 Å². The highest BCUT2D eigenvalue weighted by atomic mass is 35.5. The fourth-order valence-corrected chi connectivity index (χ4v) is 2.59. The molecule has 2 aromatic heterocycles. The van der Waals surface area contributed by atoms with Gasteiger partial charge in [0.05, 0.1) is 11.4 Å². The Morgan fingerprint density at radius 3 is 2.84 bits per heavy atom. The van der Waals surface area contributed by atoms with Gasteiger partial charge in [-0.3, -0.25) is 0 Å². The predicted octanol–water partition coefficient (Wildman–Crippen LogP) is 3.11. The van der Waals surface area contributed by atoms with E-state index >= 15 is 0 Å². The molecular formula is C16H20Cl2N6O. The summed E-state index contributed by atoms with van der Waals surface area (Å²) >= 11 is 6.07. The van der Waals surface area contributed by atoms with Crippen LogP contribution in [0.25, 0.3) is 17.3 Å². The van der Waals surface area contributed by atoms with E-state index < -0.39 is 0 Å². The van der Waals surface area contributed by atoms with Gasteiger partial charge in [0.25, 0.3) is 5.89 Å². The van der Waals surface area contributed by atoms with Crippen LogP contribution in [0.2, 0.25) is 5.02 Å². The van der Waals surface area contributed by atoms with Crippen LogP contribution in [0.5, 0.6) is 0 Å². The van der Waals surface area contributed by atoms with E-state index in [0.717, 1.165) is 17.8 Å². The normalized spacial score (nSPS) is 12.0. The minimum atomic E-state index is 0. The summed E-state index contributed by atoms with van der Waals surface area (Å²) in [6, 6.07) is 7.73. The second-order valence-electron chi connectivity index (χ2n) is 5.54. The lowest BCUT2D eigenvalue weighted by atomic mass is 10.2. The molecule has 0 radical (unpaired) electrons. The van der Waals surface area contributed by atoms with Gasteiger partial charge in [0.1, 0.15) is 0 Å². The molecule has 0 aliphatic rings. The maximum atomic E-state index is 6.07. The van der Waals surface area contributed by atoms with Crippen molar-refractivity contribution in [1.82, 2.24) is 30.5 Å². The molecular weight excluding hydrogens is 363 g/mol. The molecule has 1 atom stereocenters. The molecule has 0 saturated carbocycles. The molecule has 0 bridgehead atoms. The van der Waals surface area contributed by atoms with Crippen molar-refractivity contribution in [3.8, 4) is 17.3 Å². The molecule has 3 aromatic rings. The largest absolute Gasteiger partial charge is 0.332 e. The number of likely N-dealkylation sites (N-methyl/N-ethyl adjacent to an activating group) is 1. The van der Waals surface area contributed by atoms with Crippen molar-refractivity contribution >= 4 is 24.0 Å². The van der Waals surface area contributed by atoms with E-state index in [2.05, 4.69) is 32.7 Å². The molecule has 9 heteroatoms. The minimum absolute atomic E-state index is 0. The predicted molar refractivity (Wildman–Crippen MR) is 98.5 cm³/mol. The standard InChI is InChI=1S/C16H19ClN6O.ClH/c1-4-13-15(16-19-14(21-24-16)8-10(2)18-3)20-22-23(13)12-7-5-6-11(17)9-12;/h5-7,9-10,18H,4,8H2,1-3H3;1H. The number of aromatic nitrogens is 5. The number of hydrogen-bond donors (Lipinski definition) is 1. The highest BCUT2D eigenvalue weighted by Gasteiger charge is 2.20. The van der Waals surface area contributed by atoms with E-state index in [1.54, 1.807) is 4.68 Å². The van der Waals surface area contributed by atoms with Gasteiger partial charge in [-0.2, -0.15) is 4.98 Å². The summed E-state index contributed by atoms with van der Waals surface area (Å²) in [6.07, 6.45) is 1.41. The molecule has 2 heterocycles. The Morgan fingerprint density at radius 1 is 1.36 bits per heavy atom. The van der Waals surface area contributed by atoms with Gasteiger partial charge in [-0.05, 0) is 38.6 Å². The van der Waals surface area contributed by atoms with Crippen molar-refractivity contribution in [3.05, 3.63) is 40.8 Å². The molecule has 1 aromatic carbocycles. The van der Waals surface area contributed by atoms with Crippen molar-refractivity contribution < 1.29 is 4.52 Å². The molecule has 0 aliphatic carbocycles. The van der Waals surface area contributed by atoms with Crippen LogP contribution in [0.3, 0.4) is 0 Å². The number of nitrogens with one attached hydrogen (secondary N) is 1. The Hall–Kier alpha value is -1.96. The molecule has 25 heavy (non-hydrogen) atoms. The zero-order chi connectivity index (χ0) is 17.1. The van der Waals surface area contributed by atoms with Gasteiger partial charge in [0.2, 0.25) is 0 Å². The van der Waals surface area contributed by atoms with E-state index in [9.17, 15) is 0 Å². The summed E-state index contributed by atoms with van der Waals surface area (Å²) in [5, 5.41) is 16.3. The molecule has 0 aliphatic heterocycles. The minimum Gasteiger partial charge on any atom is -0.332 e. The Kier molecular flexibility index (Phi) is 6.52. The topological polar surface area (TPSA) is 81.7 Å². The summed E-state index contributed by atoms with van der Waals surface area (Å²) in [4.78, 5) is 4.44. The van der Waals surface area contributed by atoms with Crippen LogP contribution in [0, 0.1) is 0 Å². The van der Waals surface area contributed by atoms with Crippen molar-refractivity contribution in [2.45, 2.75) is 32.7 Å². The van der Waals surface area contributed by atoms with E-state index in [0.29, 0.717) is 28.9 Å². The zero-order valence-corrected chi connectivity index (χ0v) is 15.8. The van der Waals surface area contributed by atoms with E-state index in [4.69, 9.17) is 16.1 Å². The molecule has 1 unspecified atom stereocenters. The van der Waals surface area contributed by atoms with Crippen LogP contribution >= 0.6 is 24.0 Å². The fourth-order valence-electron chi connectivity index (χ4n) is 2.41. The second kappa shape index (κ2) is 8.42. The van der Waals surface area contributed by atoms with Crippen molar-refractivity contribution in [3.63, 3.8) is 0 Å². The van der Waals surface area contributed by atoms with Crippen molar-refractivity contribution in [1.29, 1.82) is 0 Å². The van der Waals surface area contributed by atoms with E-state index in [-0.39, 0.29) is 18.4 Å². The zero-order valence-electron chi connectivity index (χ0n) is 14.2. The molecule has 0 amide bonds. The number of benzene rings is 1. The number of halogens is 2. The number of hydrogen-bond acceptors (Lipinski definition) is 6. The van der Waals surface area contributed by atoms with Crippen LogP contribution in [0.4, 0.5) is 0 Å². The van der Waals surface area contributed by atoms with Gasteiger partial charge in [0, 0.05) is 17.5 Å². The summed E-state index contributed by atoms with van der Waals surface area (Å²) in [5.74, 6) is 1.03. The molecule has 0 spiro atoms. The summed E-state index contributed by atoms with van der Waals surface area (Å²) in [7, 11) is 1.90. The fraction of sp³-hybridized carbons (Fsp3) is 0.375. The average molecular weight is 383 g/mol. The highest BCUT2D eigenvalue weighted by molar-refractivity contribution is 6.30. The Balaban J connectivity index is 0.00000225. The summed E-state index contributed by atoms with van der Waals surface area (Å²) in [6.45, 7) is 4.09. The third-order valence-corrected chi connectivity index (χ3v) is 4.04. The molecule has 3 rings (SSSR count).